The van der Waals surface area contributed by atoms with Crippen LogP contribution < -0.4 is 0 Å². The Morgan fingerprint density at radius 1 is 1.00 bits per heavy atom. The highest BCUT2D eigenvalue weighted by Gasteiger charge is 2.20. The summed E-state index contributed by atoms with van der Waals surface area (Å²) in [5.74, 6) is 0.658. The van der Waals surface area contributed by atoms with Crippen LogP contribution in [0.4, 0.5) is 0 Å². The van der Waals surface area contributed by atoms with Gasteiger partial charge in [-0.15, -0.1) is 0 Å². The van der Waals surface area contributed by atoms with Crippen LogP contribution in [0.15, 0.2) is 0 Å². The smallest absolute Gasteiger partial charge is 0.138 e. The Labute approximate surface area is 119 Å². The standard InChI is InChI=1S/C17H32O2/c1-2-3-4-5-6-7-8-9-10-13-17(18)16-12-11-14-19-15-16/h16H,2-15H2,1H3. The number of carbonyl (C=O) groups is 1. The van der Waals surface area contributed by atoms with E-state index in [-0.39, 0.29) is 5.92 Å². The summed E-state index contributed by atoms with van der Waals surface area (Å²) in [4.78, 5) is 11.9. The molecular weight excluding hydrogens is 236 g/mol. The summed E-state index contributed by atoms with van der Waals surface area (Å²) in [6.45, 7) is 3.78. The van der Waals surface area contributed by atoms with Crippen molar-refractivity contribution < 1.29 is 9.53 Å². The van der Waals surface area contributed by atoms with E-state index >= 15 is 0 Å². The molecule has 112 valence electrons. The Kier molecular flexibility index (Phi) is 10.1. The van der Waals surface area contributed by atoms with Crippen molar-refractivity contribution in [1.29, 1.82) is 0 Å². The molecule has 1 rings (SSSR count). The molecule has 1 aliphatic heterocycles. The van der Waals surface area contributed by atoms with E-state index in [1.807, 2.05) is 0 Å². The predicted molar refractivity (Wildman–Crippen MR) is 80.4 cm³/mol. The number of ether oxygens (including phenoxy) is 1. The molecule has 1 saturated heterocycles. The van der Waals surface area contributed by atoms with E-state index in [1.165, 1.54) is 51.4 Å². The third-order valence-electron chi connectivity index (χ3n) is 4.14. The van der Waals surface area contributed by atoms with Crippen molar-refractivity contribution >= 4 is 5.78 Å². The molecule has 1 aliphatic rings. The van der Waals surface area contributed by atoms with Crippen LogP contribution in [0.25, 0.3) is 0 Å². The Bertz CT molecular complexity index is 219. The molecule has 2 nitrogen and oxygen atoms in total. The molecule has 0 aliphatic carbocycles. The van der Waals surface area contributed by atoms with Crippen LogP contribution in [0.5, 0.6) is 0 Å². The number of rotatable bonds is 11. The molecule has 1 heterocycles. The lowest BCUT2D eigenvalue weighted by molar-refractivity contribution is -0.126. The lowest BCUT2D eigenvalue weighted by atomic mass is 9.94. The zero-order valence-electron chi connectivity index (χ0n) is 12.8. The summed E-state index contributed by atoms with van der Waals surface area (Å²) in [5, 5.41) is 0. The Morgan fingerprint density at radius 3 is 2.21 bits per heavy atom. The largest absolute Gasteiger partial charge is 0.381 e. The van der Waals surface area contributed by atoms with Crippen LogP contribution in [0, 0.1) is 5.92 Å². The van der Waals surface area contributed by atoms with Gasteiger partial charge in [0, 0.05) is 18.9 Å². The van der Waals surface area contributed by atoms with Gasteiger partial charge in [-0.3, -0.25) is 4.79 Å². The van der Waals surface area contributed by atoms with E-state index in [1.54, 1.807) is 0 Å². The number of carbonyl (C=O) groups excluding carboxylic acids is 1. The average Bonchev–Trinajstić information content (AvgIpc) is 2.46. The minimum atomic E-state index is 0.211. The molecular formula is C17H32O2. The van der Waals surface area contributed by atoms with Crippen LogP contribution in [-0.4, -0.2) is 19.0 Å². The number of hydrogen-bond donors (Lipinski definition) is 0. The maximum Gasteiger partial charge on any atom is 0.138 e. The fourth-order valence-electron chi connectivity index (χ4n) is 2.81. The first kappa shape index (κ1) is 16.7. The van der Waals surface area contributed by atoms with Crippen molar-refractivity contribution in [2.24, 2.45) is 5.92 Å². The molecule has 1 atom stereocenters. The number of hydrogen-bond acceptors (Lipinski definition) is 2. The van der Waals surface area contributed by atoms with Gasteiger partial charge in [-0.1, -0.05) is 58.3 Å². The zero-order chi connectivity index (χ0) is 13.8. The van der Waals surface area contributed by atoms with Crippen LogP contribution >= 0.6 is 0 Å². The maximum absolute atomic E-state index is 11.9. The van der Waals surface area contributed by atoms with E-state index in [0.717, 1.165) is 32.3 Å². The maximum atomic E-state index is 11.9. The third kappa shape index (κ3) is 8.41. The van der Waals surface area contributed by atoms with Crippen molar-refractivity contribution in [3.05, 3.63) is 0 Å². The van der Waals surface area contributed by atoms with Gasteiger partial charge >= 0.3 is 0 Å². The topological polar surface area (TPSA) is 26.3 Å². The van der Waals surface area contributed by atoms with Crippen LogP contribution in [0.2, 0.25) is 0 Å². The van der Waals surface area contributed by atoms with Crippen LogP contribution in [0.3, 0.4) is 0 Å². The van der Waals surface area contributed by atoms with Crippen molar-refractivity contribution in [3.8, 4) is 0 Å². The van der Waals surface area contributed by atoms with Gasteiger partial charge < -0.3 is 4.74 Å². The Balaban J connectivity index is 1.86. The van der Waals surface area contributed by atoms with Crippen molar-refractivity contribution in [2.45, 2.75) is 84.0 Å². The molecule has 0 amide bonds. The molecule has 1 fully saturated rings. The zero-order valence-corrected chi connectivity index (χ0v) is 12.8. The highest BCUT2D eigenvalue weighted by atomic mass is 16.5. The summed E-state index contributed by atoms with van der Waals surface area (Å²) in [6, 6.07) is 0. The summed E-state index contributed by atoms with van der Waals surface area (Å²) in [6.07, 6.45) is 14.8. The number of ketones is 1. The SMILES string of the molecule is CCCCCCCCCCCC(=O)C1CCCOC1. The van der Waals surface area contributed by atoms with Crippen LogP contribution in [0.1, 0.15) is 84.0 Å². The van der Waals surface area contributed by atoms with E-state index in [2.05, 4.69) is 6.92 Å². The normalized spacial score (nSPS) is 19.5. The highest BCUT2D eigenvalue weighted by molar-refractivity contribution is 5.81. The number of unbranched alkanes of at least 4 members (excludes halogenated alkanes) is 8. The van der Waals surface area contributed by atoms with Crippen molar-refractivity contribution in [3.63, 3.8) is 0 Å². The highest BCUT2D eigenvalue weighted by Crippen LogP contribution is 2.18. The first-order valence-electron chi connectivity index (χ1n) is 8.45. The van der Waals surface area contributed by atoms with Crippen LogP contribution in [-0.2, 0) is 9.53 Å². The summed E-state index contributed by atoms with van der Waals surface area (Å²) >= 11 is 0. The Morgan fingerprint density at radius 2 is 1.63 bits per heavy atom. The van der Waals surface area contributed by atoms with Gasteiger partial charge in [0.1, 0.15) is 5.78 Å². The van der Waals surface area contributed by atoms with Gasteiger partial charge in [0.05, 0.1) is 6.61 Å². The molecule has 0 radical (unpaired) electrons. The van der Waals surface area contributed by atoms with Gasteiger partial charge in [-0.25, -0.2) is 0 Å². The second kappa shape index (κ2) is 11.5. The molecule has 1 unspecified atom stereocenters. The molecule has 0 saturated carbocycles. The molecule has 0 spiro atoms. The summed E-state index contributed by atoms with van der Waals surface area (Å²) in [5.41, 5.74) is 0. The lowest BCUT2D eigenvalue weighted by Crippen LogP contribution is -2.25. The van der Waals surface area contributed by atoms with E-state index in [0.29, 0.717) is 12.4 Å². The fourth-order valence-corrected chi connectivity index (χ4v) is 2.81. The Hall–Kier alpha value is -0.370. The second-order valence-electron chi connectivity index (χ2n) is 5.96. The van der Waals surface area contributed by atoms with Gasteiger partial charge in [0.15, 0.2) is 0 Å². The molecule has 19 heavy (non-hydrogen) atoms. The summed E-state index contributed by atoms with van der Waals surface area (Å²) < 4.78 is 5.37. The first-order chi connectivity index (χ1) is 9.34. The second-order valence-corrected chi connectivity index (χ2v) is 5.96. The molecule has 0 aromatic carbocycles. The molecule has 0 aromatic rings. The first-order valence-corrected chi connectivity index (χ1v) is 8.45. The van der Waals surface area contributed by atoms with E-state index in [4.69, 9.17) is 4.74 Å². The minimum Gasteiger partial charge on any atom is -0.381 e. The minimum absolute atomic E-state index is 0.211. The molecule has 0 aromatic heterocycles. The molecule has 0 N–H and O–H groups in total. The molecule has 2 heteroatoms. The van der Waals surface area contributed by atoms with Gasteiger partial charge in [0.25, 0.3) is 0 Å². The van der Waals surface area contributed by atoms with Gasteiger partial charge in [0.2, 0.25) is 0 Å². The predicted octanol–water partition coefficient (Wildman–Crippen LogP) is 4.90. The number of Topliss-reactive ketones (excluding diaryl/α,β-unsaturated/α-hetero) is 1. The van der Waals surface area contributed by atoms with Crippen molar-refractivity contribution in [2.75, 3.05) is 13.2 Å². The van der Waals surface area contributed by atoms with Gasteiger partial charge in [-0.05, 0) is 19.3 Å². The lowest BCUT2D eigenvalue weighted by Gasteiger charge is -2.20. The van der Waals surface area contributed by atoms with Crippen molar-refractivity contribution in [1.82, 2.24) is 0 Å². The van der Waals surface area contributed by atoms with E-state index in [9.17, 15) is 4.79 Å². The fraction of sp³-hybridized carbons (Fsp3) is 0.941. The quantitative estimate of drug-likeness (QED) is 0.498. The third-order valence-corrected chi connectivity index (χ3v) is 4.14. The molecule has 0 bridgehead atoms. The average molecular weight is 268 g/mol. The summed E-state index contributed by atoms with van der Waals surface area (Å²) in [7, 11) is 0. The van der Waals surface area contributed by atoms with Gasteiger partial charge in [-0.2, -0.15) is 0 Å². The van der Waals surface area contributed by atoms with E-state index < -0.39 is 0 Å². The monoisotopic (exact) mass is 268 g/mol.